The Morgan fingerprint density at radius 3 is 2.79 bits per heavy atom. The van der Waals surface area contributed by atoms with Gasteiger partial charge < -0.3 is 19.6 Å². The van der Waals surface area contributed by atoms with Gasteiger partial charge in [-0.2, -0.15) is 0 Å². The molecule has 2 aromatic carbocycles. The Bertz CT molecular complexity index is 1130. The fraction of sp³-hybridized carbons (Fsp3) is 0.423. The Morgan fingerprint density at radius 1 is 1.18 bits per heavy atom. The van der Waals surface area contributed by atoms with Crippen molar-refractivity contribution in [3.05, 3.63) is 71.2 Å². The van der Waals surface area contributed by atoms with E-state index in [-0.39, 0.29) is 23.6 Å². The van der Waals surface area contributed by atoms with Crippen LogP contribution in [0.1, 0.15) is 47.4 Å². The van der Waals surface area contributed by atoms with Crippen LogP contribution < -0.4 is 5.32 Å². The number of likely N-dealkylation sites (tertiary alicyclic amines) is 1. The standard InChI is InChI=1S/C26H29FN2O4/c27-21-4-1-3-18(13-21)17-29-10-8-26(31,9-11-29)20-6-7-23-19(14-20)15-24(33-23)25(30)28-16-22-5-2-12-32-22/h1,3-4,6-7,13-15,22,31H,2,5,8-12,16-17H2,(H,28,30)/t22-/m0/s1. The fourth-order valence-corrected chi connectivity index (χ4v) is 4.81. The molecule has 0 aliphatic carbocycles. The SMILES string of the molecule is O=C(NC[C@@H]1CCCO1)c1cc2cc(C3(O)CCN(Cc4cccc(F)c4)CC3)ccc2o1. The van der Waals surface area contributed by atoms with E-state index in [0.29, 0.717) is 44.6 Å². The van der Waals surface area contributed by atoms with Gasteiger partial charge in [-0.1, -0.05) is 18.2 Å². The molecule has 0 saturated carbocycles. The topological polar surface area (TPSA) is 74.9 Å². The highest BCUT2D eigenvalue weighted by molar-refractivity contribution is 5.96. The summed E-state index contributed by atoms with van der Waals surface area (Å²) in [6, 6.07) is 14.0. The van der Waals surface area contributed by atoms with E-state index in [0.717, 1.165) is 36.0 Å². The number of hydrogen-bond acceptors (Lipinski definition) is 5. The third-order valence-electron chi connectivity index (χ3n) is 6.77. The summed E-state index contributed by atoms with van der Waals surface area (Å²) in [6.07, 6.45) is 3.23. The van der Waals surface area contributed by atoms with Crippen molar-refractivity contribution in [2.75, 3.05) is 26.2 Å². The lowest BCUT2D eigenvalue weighted by Gasteiger charge is -2.38. The number of aliphatic hydroxyl groups is 1. The maximum atomic E-state index is 13.5. The number of piperidine rings is 1. The summed E-state index contributed by atoms with van der Waals surface area (Å²) in [4.78, 5) is 14.7. The molecule has 1 amide bonds. The molecule has 3 heterocycles. The highest BCUT2D eigenvalue weighted by Crippen LogP contribution is 2.35. The molecule has 0 spiro atoms. The molecule has 33 heavy (non-hydrogen) atoms. The van der Waals surface area contributed by atoms with Gasteiger partial charge in [-0.15, -0.1) is 0 Å². The van der Waals surface area contributed by atoms with Gasteiger partial charge in [0.2, 0.25) is 0 Å². The van der Waals surface area contributed by atoms with E-state index in [1.54, 1.807) is 18.2 Å². The molecule has 2 aliphatic heterocycles. The van der Waals surface area contributed by atoms with Crippen molar-refractivity contribution in [3.8, 4) is 0 Å². The average Bonchev–Trinajstić information content (AvgIpc) is 3.48. The van der Waals surface area contributed by atoms with Crippen LogP contribution in [0.25, 0.3) is 11.0 Å². The lowest BCUT2D eigenvalue weighted by atomic mass is 9.84. The summed E-state index contributed by atoms with van der Waals surface area (Å²) in [5.41, 5.74) is 1.44. The minimum atomic E-state index is -0.938. The maximum Gasteiger partial charge on any atom is 0.287 e. The monoisotopic (exact) mass is 452 g/mol. The number of fused-ring (bicyclic) bond motifs is 1. The number of nitrogens with one attached hydrogen (secondary N) is 1. The average molecular weight is 453 g/mol. The normalized spacial score (nSPS) is 20.8. The van der Waals surface area contributed by atoms with E-state index in [1.165, 1.54) is 6.07 Å². The summed E-state index contributed by atoms with van der Waals surface area (Å²) in [5, 5.41) is 15.0. The lowest BCUT2D eigenvalue weighted by Crippen LogP contribution is -2.42. The molecule has 6 nitrogen and oxygen atoms in total. The van der Waals surface area contributed by atoms with Crippen molar-refractivity contribution in [2.24, 2.45) is 0 Å². The summed E-state index contributed by atoms with van der Waals surface area (Å²) in [7, 11) is 0. The van der Waals surface area contributed by atoms with Crippen molar-refractivity contribution in [3.63, 3.8) is 0 Å². The number of amides is 1. The van der Waals surface area contributed by atoms with Crippen LogP contribution in [0.5, 0.6) is 0 Å². The van der Waals surface area contributed by atoms with Gasteiger partial charge in [-0.05, 0) is 67.1 Å². The van der Waals surface area contributed by atoms with Gasteiger partial charge in [-0.25, -0.2) is 4.39 Å². The number of ether oxygens (including phenoxy) is 1. The molecule has 2 N–H and O–H groups in total. The minimum Gasteiger partial charge on any atom is -0.451 e. The van der Waals surface area contributed by atoms with E-state index in [4.69, 9.17) is 9.15 Å². The van der Waals surface area contributed by atoms with Crippen molar-refractivity contribution < 1.29 is 23.4 Å². The van der Waals surface area contributed by atoms with Crippen LogP contribution in [0.4, 0.5) is 4.39 Å². The number of nitrogens with zero attached hydrogens (tertiary/aromatic N) is 1. The molecule has 174 valence electrons. The zero-order valence-electron chi connectivity index (χ0n) is 18.6. The van der Waals surface area contributed by atoms with Crippen molar-refractivity contribution in [2.45, 2.75) is 43.9 Å². The van der Waals surface area contributed by atoms with E-state index >= 15 is 0 Å². The molecule has 2 saturated heterocycles. The second-order valence-corrected chi connectivity index (χ2v) is 9.15. The number of furan rings is 1. The lowest BCUT2D eigenvalue weighted by molar-refractivity contribution is -0.0276. The van der Waals surface area contributed by atoms with Gasteiger partial charge in [0.15, 0.2) is 5.76 Å². The van der Waals surface area contributed by atoms with Crippen LogP contribution in [0.2, 0.25) is 0 Å². The first kappa shape index (κ1) is 22.1. The molecule has 0 bridgehead atoms. The number of carbonyl (C=O) groups excluding carboxylic acids is 1. The molecule has 0 unspecified atom stereocenters. The smallest absolute Gasteiger partial charge is 0.287 e. The van der Waals surface area contributed by atoms with E-state index < -0.39 is 5.60 Å². The number of carbonyl (C=O) groups is 1. The fourth-order valence-electron chi connectivity index (χ4n) is 4.81. The molecular formula is C26H29FN2O4. The molecule has 5 rings (SSSR count). The van der Waals surface area contributed by atoms with Crippen LogP contribution in [0.3, 0.4) is 0 Å². The Kier molecular flexibility index (Phi) is 6.19. The number of hydrogen-bond donors (Lipinski definition) is 2. The van der Waals surface area contributed by atoms with E-state index in [2.05, 4.69) is 10.2 Å². The highest BCUT2D eigenvalue weighted by Gasteiger charge is 2.34. The summed E-state index contributed by atoms with van der Waals surface area (Å²) in [5.74, 6) is -0.223. The van der Waals surface area contributed by atoms with Gasteiger partial charge >= 0.3 is 0 Å². The van der Waals surface area contributed by atoms with E-state index in [9.17, 15) is 14.3 Å². The van der Waals surface area contributed by atoms with Gasteiger partial charge in [0.05, 0.1) is 11.7 Å². The third-order valence-corrected chi connectivity index (χ3v) is 6.77. The van der Waals surface area contributed by atoms with E-state index in [1.807, 2.05) is 24.3 Å². The predicted molar refractivity (Wildman–Crippen MR) is 122 cm³/mol. The molecular weight excluding hydrogens is 423 g/mol. The third kappa shape index (κ3) is 4.95. The minimum absolute atomic E-state index is 0.0750. The zero-order valence-corrected chi connectivity index (χ0v) is 18.6. The Hall–Kier alpha value is -2.74. The molecule has 2 fully saturated rings. The molecule has 2 aliphatic rings. The second-order valence-electron chi connectivity index (χ2n) is 9.15. The van der Waals surface area contributed by atoms with Gasteiger partial charge in [0.25, 0.3) is 5.91 Å². The van der Waals surface area contributed by atoms with Crippen molar-refractivity contribution in [1.29, 1.82) is 0 Å². The highest BCUT2D eigenvalue weighted by atomic mass is 19.1. The number of rotatable bonds is 6. The molecule has 7 heteroatoms. The largest absolute Gasteiger partial charge is 0.451 e. The summed E-state index contributed by atoms with van der Waals surface area (Å²) >= 11 is 0. The van der Waals surface area contributed by atoms with Crippen LogP contribution in [0.15, 0.2) is 52.9 Å². The summed E-state index contributed by atoms with van der Waals surface area (Å²) < 4.78 is 24.7. The molecule has 3 aromatic rings. The first-order valence-electron chi connectivity index (χ1n) is 11.6. The van der Waals surface area contributed by atoms with Crippen molar-refractivity contribution in [1.82, 2.24) is 10.2 Å². The Morgan fingerprint density at radius 2 is 2.03 bits per heavy atom. The maximum absolute atomic E-state index is 13.5. The van der Waals surface area contributed by atoms with Crippen LogP contribution in [-0.4, -0.2) is 48.3 Å². The Balaban J connectivity index is 1.23. The number of benzene rings is 2. The first-order chi connectivity index (χ1) is 16.0. The second kappa shape index (κ2) is 9.25. The Labute approximate surface area is 192 Å². The van der Waals surface area contributed by atoms with Gasteiger partial charge in [0.1, 0.15) is 11.4 Å². The molecule has 1 aromatic heterocycles. The first-order valence-corrected chi connectivity index (χ1v) is 11.6. The zero-order chi connectivity index (χ0) is 22.8. The van der Waals surface area contributed by atoms with Gasteiger partial charge in [0, 0.05) is 38.2 Å². The van der Waals surface area contributed by atoms with Crippen LogP contribution in [-0.2, 0) is 16.9 Å². The molecule has 1 atom stereocenters. The van der Waals surface area contributed by atoms with Crippen LogP contribution in [0, 0.1) is 5.82 Å². The van der Waals surface area contributed by atoms with Crippen molar-refractivity contribution >= 4 is 16.9 Å². The predicted octanol–water partition coefficient (Wildman–Crippen LogP) is 3.96. The summed E-state index contributed by atoms with van der Waals surface area (Å²) in [6.45, 7) is 3.33. The molecule has 0 radical (unpaired) electrons. The quantitative estimate of drug-likeness (QED) is 0.592. The van der Waals surface area contributed by atoms with Crippen LogP contribution >= 0.6 is 0 Å². The van der Waals surface area contributed by atoms with Gasteiger partial charge in [-0.3, -0.25) is 9.69 Å². The number of halogens is 1.